The molecule has 3 heterocycles. The monoisotopic (exact) mass is 495 g/mol. The second kappa shape index (κ2) is 10.6. The molecule has 2 aliphatic rings. The van der Waals surface area contributed by atoms with Gasteiger partial charge in [0.15, 0.2) is 5.65 Å². The van der Waals surface area contributed by atoms with E-state index in [4.69, 9.17) is 19.2 Å². The van der Waals surface area contributed by atoms with Gasteiger partial charge in [-0.2, -0.15) is 5.10 Å². The number of aliphatic hydroxyl groups excluding tert-OH is 1. The highest BCUT2D eigenvalue weighted by molar-refractivity contribution is 5.92. The third-order valence-electron chi connectivity index (χ3n) is 7.26. The first-order valence-corrected chi connectivity index (χ1v) is 12.8. The van der Waals surface area contributed by atoms with E-state index in [0.29, 0.717) is 35.9 Å². The number of likely N-dealkylation sites (N-methyl/N-ethyl adjacent to an activating group) is 1. The van der Waals surface area contributed by atoms with Crippen LogP contribution in [-0.2, 0) is 4.74 Å². The lowest BCUT2D eigenvalue weighted by atomic mass is 9.95. The van der Waals surface area contributed by atoms with Crippen LogP contribution in [0.2, 0.25) is 0 Å². The Morgan fingerprint density at radius 2 is 1.89 bits per heavy atom. The molecule has 0 spiro atoms. The summed E-state index contributed by atoms with van der Waals surface area (Å²) in [7, 11) is 3.44. The Labute approximate surface area is 212 Å². The molecule has 3 atom stereocenters. The van der Waals surface area contributed by atoms with Crippen LogP contribution in [0.4, 0.5) is 5.69 Å². The first-order valence-electron chi connectivity index (χ1n) is 12.8. The maximum Gasteiger partial charge on any atom is 0.160 e. The van der Waals surface area contributed by atoms with Gasteiger partial charge in [0.25, 0.3) is 0 Å². The molecule has 2 aromatic heterocycles. The van der Waals surface area contributed by atoms with Crippen LogP contribution in [-0.4, -0.2) is 72.5 Å². The lowest BCUT2D eigenvalue weighted by molar-refractivity contribution is 0.0393. The molecule has 1 saturated heterocycles. The van der Waals surface area contributed by atoms with Crippen LogP contribution in [0.5, 0.6) is 11.5 Å². The van der Waals surface area contributed by atoms with E-state index in [-0.39, 0.29) is 12.6 Å². The molecule has 1 aliphatic heterocycles. The van der Waals surface area contributed by atoms with E-state index in [0.717, 1.165) is 41.2 Å². The standard InChI is InChI=1S/C27H37N5O4/c1-16(2)32-27-23(12-29-32)25(30-26-17-5-6-18(26)14-35-13-17)10-24(31-27)19-7-21(34-4)9-22(8-19)36-15-20(33)11-28-3/h7-10,12,16-18,20,26,28,33H,5-6,11,13-15H2,1-4H3,(H,30,31)/t17-,18-,20?/m1/s1. The second-order valence-electron chi connectivity index (χ2n) is 10.2. The van der Waals surface area contributed by atoms with Gasteiger partial charge in [-0.05, 0) is 51.9 Å². The molecular weight excluding hydrogens is 458 g/mol. The predicted octanol–water partition coefficient (Wildman–Crippen LogP) is 3.48. The van der Waals surface area contributed by atoms with Gasteiger partial charge in [0.1, 0.15) is 24.2 Å². The number of aromatic nitrogens is 3. The number of pyridine rings is 1. The van der Waals surface area contributed by atoms with Gasteiger partial charge in [-0.15, -0.1) is 0 Å². The van der Waals surface area contributed by atoms with Crippen molar-refractivity contribution in [3.8, 4) is 22.8 Å². The maximum atomic E-state index is 10.1. The SMILES string of the molecule is CNCC(O)COc1cc(OC)cc(-c2cc(NC3[C@@H]4CC[C@@H]3COC4)c3cnn(C(C)C)c3n2)c1. The Balaban J connectivity index is 1.54. The summed E-state index contributed by atoms with van der Waals surface area (Å²) in [5.41, 5.74) is 3.58. The van der Waals surface area contributed by atoms with E-state index < -0.39 is 6.10 Å². The summed E-state index contributed by atoms with van der Waals surface area (Å²) >= 11 is 0. The zero-order valence-corrected chi connectivity index (χ0v) is 21.5. The Kier molecular flexibility index (Phi) is 7.32. The summed E-state index contributed by atoms with van der Waals surface area (Å²) in [5.74, 6) is 2.34. The molecular formula is C27H37N5O4. The molecule has 9 heteroatoms. The fourth-order valence-electron chi connectivity index (χ4n) is 5.40. The smallest absolute Gasteiger partial charge is 0.160 e. The fraction of sp³-hybridized carbons (Fsp3) is 0.556. The minimum absolute atomic E-state index is 0.176. The minimum atomic E-state index is -0.606. The lowest BCUT2D eigenvalue weighted by Crippen LogP contribution is -2.39. The Hall–Kier alpha value is -2.88. The first kappa shape index (κ1) is 24.8. The van der Waals surface area contributed by atoms with Crippen molar-refractivity contribution in [2.75, 3.05) is 45.8 Å². The summed E-state index contributed by atoms with van der Waals surface area (Å²) in [4.78, 5) is 5.04. The van der Waals surface area contributed by atoms with Gasteiger partial charge in [0, 0.05) is 47.8 Å². The van der Waals surface area contributed by atoms with E-state index in [9.17, 15) is 5.11 Å². The van der Waals surface area contributed by atoms with Crippen LogP contribution >= 0.6 is 0 Å². The summed E-state index contributed by atoms with van der Waals surface area (Å²) in [6.07, 6.45) is 3.71. The highest BCUT2D eigenvalue weighted by atomic mass is 16.5. The van der Waals surface area contributed by atoms with Crippen molar-refractivity contribution in [3.05, 3.63) is 30.5 Å². The summed E-state index contributed by atoms with van der Waals surface area (Å²) in [6, 6.07) is 8.40. The van der Waals surface area contributed by atoms with Crippen molar-refractivity contribution in [2.45, 2.75) is 44.9 Å². The summed E-state index contributed by atoms with van der Waals surface area (Å²) in [6.45, 7) is 6.49. The van der Waals surface area contributed by atoms with E-state index in [1.54, 1.807) is 14.2 Å². The van der Waals surface area contributed by atoms with Crippen LogP contribution in [0.3, 0.4) is 0 Å². The van der Waals surface area contributed by atoms with Crippen LogP contribution in [0, 0.1) is 11.8 Å². The highest BCUT2D eigenvalue weighted by Crippen LogP contribution is 2.40. The number of hydrogen-bond acceptors (Lipinski definition) is 8. The van der Waals surface area contributed by atoms with Gasteiger partial charge < -0.3 is 30.0 Å². The van der Waals surface area contributed by atoms with E-state index >= 15 is 0 Å². The van der Waals surface area contributed by atoms with Crippen LogP contribution in [0.15, 0.2) is 30.5 Å². The van der Waals surface area contributed by atoms with Gasteiger partial charge in [0.2, 0.25) is 0 Å². The van der Waals surface area contributed by atoms with Gasteiger partial charge >= 0.3 is 0 Å². The molecule has 36 heavy (non-hydrogen) atoms. The van der Waals surface area contributed by atoms with Gasteiger partial charge in [0.05, 0.1) is 37.6 Å². The van der Waals surface area contributed by atoms with Crippen molar-refractivity contribution < 1.29 is 19.3 Å². The van der Waals surface area contributed by atoms with Crippen molar-refractivity contribution in [1.29, 1.82) is 0 Å². The topological polar surface area (TPSA) is 103 Å². The Morgan fingerprint density at radius 3 is 2.58 bits per heavy atom. The normalized spacial score (nSPS) is 22.2. The molecule has 3 N–H and O–H groups in total. The number of benzene rings is 1. The Morgan fingerprint density at radius 1 is 1.14 bits per heavy atom. The zero-order valence-electron chi connectivity index (χ0n) is 21.5. The molecule has 1 unspecified atom stereocenters. The second-order valence-corrected chi connectivity index (χ2v) is 10.2. The largest absolute Gasteiger partial charge is 0.497 e. The van der Waals surface area contributed by atoms with Gasteiger partial charge in [-0.25, -0.2) is 9.67 Å². The van der Waals surface area contributed by atoms with Crippen LogP contribution in [0.25, 0.3) is 22.3 Å². The van der Waals surface area contributed by atoms with E-state index in [2.05, 4.69) is 35.6 Å². The average molecular weight is 496 g/mol. The number of methoxy groups -OCH3 is 1. The molecule has 194 valence electrons. The molecule has 0 amide bonds. The third kappa shape index (κ3) is 5.00. The van der Waals surface area contributed by atoms with Crippen molar-refractivity contribution in [1.82, 2.24) is 20.1 Å². The minimum Gasteiger partial charge on any atom is -0.497 e. The van der Waals surface area contributed by atoms with Gasteiger partial charge in [-0.3, -0.25) is 0 Å². The average Bonchev–Trinajstić information content (AvgIpc) is 3.39. The zero-order chi connectivity index (χ0) is 25.2. The third-order valence-corrected chi connectivity index (χ3v) is 7.26. The quantitative estimate of drug-likeness (QED) is 0.393. The van der Waals surface area contributed by atoms with E-state index in [1.165, 1.54) is 12.8 Å². The van der Waals surface area contributed by atoms with Crippen molar-refractivity contribution >= 4 is 16.7 Å². The molecule has 2 bridgehead atoms. The number of hydrogen-bond donors (Lipinski definition) is 3. The lowest BCUT2D eigenvalue weighted by Gasteiger charge is -2.32. The predicted molar refractivity (Wildman–Crippen MR) is 140 cm³/mol. The molecule has 2 fully saturated rings. The number of anilines is 1. The molecule has 1 aromatic carbocycles. The van der Waals surface area contributed by atoms with Crippen molar-refractivity contribution in [3.63, 3.8) is 0 Å². The van der Waals surface area contributed by atoms with Crippen LogP contribution in [0.1, 0.15) is 32.7 Å². The highest BCUT2D eigenvalue weighted by Gasteiger charge is 2.40. The number of aliphatic hydroxyl groups is 1. The first-order chi connectivity index (χ1) is 17.5. The molecule has 1 aliphatic carbocycles. The molecule has 9 nitrogen and oxygen atoms in total. The van der Waals surface area contributed by atoms with Gasteiger partial charge in [-0.1, -0.05) is 0 Å². The number of ether oxygens (including phenoxy) is 3. The van der Waals surface area contributed by atoms with E-state index in [1.807, 2.05) is 29.1 Å². The summed E-state index contributed by atoms with van der Waals surface area (Å²) in [5, 5.41) is 22.6. The molecule has 1 saturated carbocycles. The maximum absolute atomic E-state index is 10.1. The number of nitrogens with one attached hydrogen (secondary N) is 2. The van der Waals surface area contributed by atoms with Crippen LogP contribution < -0.4 is 20.1 Å². The molecule has 5 rings (SSSR count). The van der Waals surface area contributed by atoms with Crippen molar-refractivity contribution in [2.24, 2.45) is 11.8 Å². The molecule has 0 radical (unpaired) electrons. The number of rotatable bonds is 10. The summed E-state index contributed by atoms with van der Waals surface area (Å²) < 4.78 is 19.2. The molecule has 3 aromatic rings. The number of nitrogens with zero attached hydrogens (tertiary/aromatic N) is 3. The Bertz CT molecular complexity index is 1180. The number of fused-ring (bicyclic) bond motifs is 3. The fourth-order valence-corrected chi connectivity index (χ4v) is 5.40.